The Morgan fingerprint density at radius 1 is 1.28 bits per heavy atom. The molecule has 3 rings (SSSR count). The molecule has 0 spiro atoms. The molecule has 132 valence electrons. The van der Waals surface area contributed by atoms with Crippen LogP contribution in [0.4, 0.5) is 5.69 Å². The standard InChI is InChI=1S/C18H19ClN2O3S/c1-12-9-21(14-5-3-13(19)4-6-14)17(22)10-20(12)18(23)16-8-7-15(24-16)11-25-2/h3-8,12H,9-11H2,1-2H3. The molecule has 25 heavy (non-hydrogen) atoms. The predicted molar refractivity (Wildman–Crippen MR) is 100 cm³/mol. The lowest BCUT2D eigenvalue weighted by Crippen LogP contribution is -2.57. The molecule has 0 saturated carbocycles. The van der Waals surface area contributed by atoms with Gasteiger partial charge in [-0.05, 0) is 49.6 Å². The first-order chi connectivity index (χ1) is 12.0. The number of halogens is 1. The van der Waals surface area contributed by atoms with Gasteiger partial charge in [0.2, 0.25) is 5.91 Å². The van der Waals surface area contributed by atoms with Gasteiger partial charge in [-0.1, -0.05) is 11.6 Å². The van der Waals surface area contributed by atoms with Gasteiger partial charge < -0.3 is 14.2 Å². The molecule has 0 N–H and O–H groups in total. The molecule has 7 heteroatoms. The third-order valence-electron chi connectivity index (χ3n) is 4.14. The fraction of sp³-hybridized carbons (Fsp3) is 0.333. The van der Waals surface area contributed by atoms with Crippen LogP contribution in [0.5, 0.6) is 0 Å². The first kappa shape index (κ1) is 17.9. The molecular weight excluding hydrogens is 360 g/mol. The Morgan fingerprint density at radius 3 is 2.68 bits per heavy atom. The summed E-state index contributed by atoms with van der Waals surface area (Å²) in [5.74, 6) is 1.39. The summed E-state index contributed by atoms with van der Waals surface area (Å²) >= 11 is 7.53. The van der Waals surface area contributed by atoms with Crippen molar-refractivity contribution in [3.63, 3.8) is 0 Å². The lowest BCUT2D eigenvalue weighted by Gasteiger charge is -2.39. The van der Waals surface area contributed by atoms with Crippen LogP contribution in [0.3, 0.4) is 0 Å². The first-order valence-electron chi connectivity index (χ1n) is 7.94. The lowest BCUT2D eigenvalue weighted by atomic mass is 10.1. The van der Waals surface area contributed by atoms with E-state index in [1.54, 1.807) is 45.8 Å². The van der Waals surface area contributed by atoms with E-state index < -0.39 is 0 Å². The minimum absolute atomic E-state index is 0.0290. The van der Waals surface area contributed by atoms with Gasteiger partial charge in [0.25, 0.3) is 5.91 Å². The molecule has 2 heterocycles. The number of carbonyl (C=O) groups excluding carboxylic acids is 2. The van der Waals surface area contributed by atoms with E-state index in [0.29, 0.717) is 17.3 Å². The second-order valence-electron chi connectivity index (χ2n) is 5.96. The summed E-state index contributed by atoms with van der Waals surface area (Å²) in [6.45, 7) is 2.39. The van der Waals surface area contributed by atoms with Crippen LogP contribution in [0.1, 0.15) is 23.2 Å². The summed E-state index contributed by atoms with van der Waals surface area (Å²) in [6, 6.07) is 10.5. The van der Waals surface area contributed by atoms with Crippen LogP contribution >= 0.6 is 23.4 Å². The van der Waals surface area contributed by atoms with Gasteiger partial charge in [-0.3, -0.25) is 9.59 Å². The minimum Gasteiger partial charge on any atom is -0.455 e. The van der Waals surface area contributed by atoms with E-state index in [4.69, 9.17) is 16.0 Å². The number of furan rings is 1. The number of thioether (sulfide) groups is 1. The number of benzene rings is 1. The highest BCUT2D eigenvalue weighted by Gasteiger charge is 2.34. The normalized spacial score (nSPS) is 17.9. The van der Waals surface area contributed by atoms with Crippen molar-refractivity contribution in [3.05, 3.63) is 52.9 Å². The molecule has 0 aliphatic carbocycles. The molecule has 2 aromatic rings. The van der Waals surface area contributed by atoms with E-state index in [2.05, 4.69) is 0 Å². The number of nitrogens with zero attached hydrogens (tertiary/aromatic N) is 2. The molecule has 1 aliphatic rings. The van der Waals surface area contributed by atoms with Crippen LogP contribution in [0.25, 0.3) is 0 Å². The molecule has 0 bridgehead atoms. The molecule has 1 aromatic carbocycles. The summed E-state index contributed by atoms with van der Waals surface area (Å²) in [4.78, 5) is 28.5. The summed E-state index contributed by atoms with van der Waals surface area (Å²) in [7, 11) is 0. The largest absolute Gasteiger partial charge is 0.455 e. The first-order valence-corrected chi connectivity index (χ1v) is 9.71. The minimum atomic E-state index is -0.246. The van der Waals surface area contributed by atoms with Gasteiger partial charge in [0.05, 0.1) is 5.75 Å². The third-order valence-corrected chi connectivity index (χ3v) is 4.97. The summed E-state index contributed by atoms with van der Waals surface area (Å²) in [6.07, 6.45) is 1.97. The molecule has 5 nitrogen and oxygen atoms in total. The second kappa shape index (κ2) is 7.54. The monoisotopic (exact) mass is 378 g/mol. The van der Waals surface area contributed by atoms with Gasteiger partial charge in [-0.15, -0.1) is 0 Å². The van der Waals surface area contributed by atoms with Crippen LogP contribution in [0.15, 0.2) is 40.8 Å². The van der Waals surface area contributed by atoms with Crippen LogP contribution in [0, 0.1) is 0 Å². The maximum Gasteiger partial charge on any atom is 0.290 e. The number of piperazine rings is 1. The zero-order chi connectivity index (χ0) is 18.0. The van der Waals surface area contributed by atoms with Crippen molar-refractivity contribution in [3.8, 4) is 0 Å². The van der Waals surface area contributed by atoms with Crippen molar-refractivity contribution in [2.24, 2.45) is 0 Å². The number of hydrogen-bond acceptors (Lipinski definition) is 4. The smallest absolute Gasteiger partial charge is 0.290 e. The maximum atomic E-state index is 12.7. The van der Waals surface area contributed by atoms with Crippen LogP contribution < -0.4 is 4.90 Å². The highest BCUT2D eigenvalue weighted by atomic mass is 35.5. The average Bonchev–Trinajstić information content (AvgIpc) is 3.06. The highest BCUT2D eigenvalue weighted by molar-refractivity contribution is 7.97. The van der Waals surface area contributed by atoms with Crippen LogP contribution in [0.2, 0.25) is 5.02 Å². The van der Waals surface area contributed by atoms with E-state index in [1.165, 1.54) is 0 Å². The van der Waals surface area contributed by atoms with Crippen molar-refractivity contribution in [2.75, 3.05) is 24.2 Å². The Morgan fingerprint density at radius 2 is 2.00 bits per heavy atom. The van der Waals surface area contributed by atoms with Crippen LogP contribution in [-0.4, -0.2) is 42.1 Å². The van der Waals surface area contributed by atoms with E-state index in [0.717, 1.165) is 11.4 Å². The number of anilines is 1. The van der Waals surface area contributed by atoms with Crippen molar-refractivity contribution in [2.45, 2.75) is 18.7 Å². The van der Waals surface area contributed by atoms with Crippen molar-refractivity contribution in [1.82, 2.24) is 4.90 Å². The molecular formula is C18H19ClN2O3S. The Hall–Kier alpha value is -1.92. The van der Waals surface area contributed by atoms with Crippen molar-refractivity contribution < 1.29 is 14.0 Å². The van der Waals surface area contributed by atoms with E-state index in [-0.39, 0.29) is 30.2 Å². The van der Waals surface area contributed by atoms with Gasteiger partial charge in [-0.25, -0.2) is 0 Å². The molecule has 1 atom stereocenters. The van der Waals surface area contributed by atoms with E-state index in [9.17, 15) is 9.59 Å². The van der Waals surface area contributed by atoms with Gasteiger partial charge in [0.15, 0.2) is 5.76 Å². The Kier molecular flexibility index (Phi) is 5.39. The molecule has 1 fully saturated rings. The molecule has 1 saturated heterocycles. The average molecular weight is 379 g/mol. The fourth-order valence-corrected chi connectivity index (χ4v) is 3.41. The quantitative estimate of drug-likeness (QED) is 0.814. The molecule has 1 unspecified atom stereocenters. The zero-order valence-corrected chi connectivity index (χ0v) is 15.6. The predicted octanol–water partition coefficient (Wildman–Crippen LogP) is 3.67. The summed E-state index contributed by atoms with van der Waals surface area (Å²) in [5, 5.41) is 0.622. The topological polar surface area (TPSA) is 53.8 Å². The highest BCUT2D eigenvalue weighted by Crippen LogP contribution is 2.24. The van der Waals surface area contributed by atoms with Crippen LogP contribution in [-0.2, 0) is 10.5 Å². The molecule has 0 radical (unpaired) electrons. The number of amides is 2. The second-order valence-corrected chi connectivity index (χ2v) is 7.26. The fourth-order valence-electron chi connectivity index (χ4n) is 2.85. The zero-order valence-electron chi connectivity index (χ0n) is 14.1. The molecule has 2 amide bonds. The number of carbonyl (C=O) groups is 2. The Labute approximate surface area is 155 Å². The van der Waals surface area contributed by atoms with E-state index in [1.807, 2.05) is 25.3 Å². The molecule has 1 aliphatic heterocycles. The Balaban J connectivity index is 1.74. The maximum absolute atomic E-state index is 12.7. The van der Waals surface area contributed by atoms with Gasteiger partial charge in [0, 0.05) is 23.3 Å². The Bertz CT molecular complexity index is 775. The molecule has 1 aromatic heterocycles. The van der Waals surface area contributed by atoms with Gasteiger partial charge in [-0.2, -0.15) is 11.8 Å². The lowest BCUT2D eigenvalue weighted by molar-refractivity contribution is -0.121. The van der Waals surface area contributed by atoms with Crippen molar-refractivity contribution in [1.29, 1.82) is 0 Å². The summed E-state index contributed by atoms with van der Waals surface area (Å²) < 4.78 is 5.60. The van der Waals surface area contributed by atoms with E-state index >= 15 is 0 Å². The van der Waals surface area contributed by atoms with Gasteiger partial charge >= 0.3 is 0 Å². The SMILES string of the molecule is CSCc1ccc(C(=O)N2CC(=O)N(c3ccc(Cl)cc3)CC2C)o1. The van der Waals surface area contributed by atoms with Crippen molar-refractivity contribution >= 4 is 40.9 Å². The number of rotatable bonds is 4. The third kappa shape index (κ3) is 3.85. The number of hydrogen-bond donors (Lipinski definition) is 0. The van der Waals surface area contributed by atoms with Gasteiger partial charge in [0.1, 0.15) is 12.3 Å². The summed E-state index contributed by atoms with van der Waals surface area (Å²) in [5.41, 5.74) is 0.786.